The fourth-order valence-corrected chi connectivity index (χ4v) is 4.51. The Balaban J connectivity index is 1.83. The molecule has 0 spiro atoms. The number of hydrogen-bond donors (Lipinski definition) is 1. The van der Waals surface area contributed by atoms with E-state index in [9.17, 15) is 13.2 Å². The Bertz CT molecular complexity index is 1010. The van der Waals surface area contributed by atoms with E-state index in [0.29, 0.717) is 17.6 Å². The van der Waals surface area contributed by atoms with Gasteiger partial charge in [0.15, 0.2) is 0 Å². The van der Waals surface area contributed by atoms with Gasteiger partial charge in [0, 0.05) is 29.7 Å². The van der Waals surface area contributed by atoms with Gasteiger partial charge >= 0.3 is 0 Å². The molecule has 2 aromatic heterocycles. The SMILES string of the molecule is CCCN(CC(=O)NCc1ccco1)S(=O)(=O)c1cccc2cnccc12. The molecule has 0 saturated heterocycles. The molecule has 142 valence electrons. The summed E-state index contributed by atoms with van der Waals surface area (Å²) in [7, 11) is -3.84. The van der Waals surface area contributed by atoms with Gasteiger partial charge in [-0.15, -0.1) is 0 Å². The third kappa shape index (κ3) is 4.35. The van der Waals surface area contributed by atoms with Crippen LogP contribution in [0.1, 0.15) is 19.1 Å². The lowest BCUT2D eigenvalue weighted by Crippen LogP contribution is -2.40. The number of carbonyl (C=O) groups is 1. The normalized spacial score (nSPS) is 11.8. The highest BCUT2D eigenvalue weighted by Gasteiger charge is 2.27. The molecule has 0 atom stereocenters. The summed E-state index contributed by atoms with van der Waals surface area (Å²) in [6.07, 6.45) is 5.29. The van der Waals surface area contributed by atoms with Crippen molar-refractivity contribution in [2.24, 2.45) is 0 Å². The van der Waals surface area contributed by atoms with E-state index in [1.807, 2.05) is 13.0 Å². The van der Waals surface area contributed by atoms with Crippen LogP contribution in [0.25, 0.3) is 10.8 Å². The van der Waals surface area contributed by atoms with Crippen molar-refractivity contribution in [1.29, 1.82) is 0 Å². The quantitative estimate of drug-likeness (QED) is 0.641. The van der Waals surface area contributed by atoms with E-state index in [4.69, 9.17) is 4.42 Å². The lowest BCUT2D eigenvalue weighted by molar-refractivity contribution is -0.121. The summed E-state index contributed by atoms with van der Waals surface area (Å²) in [5.41, 5.74) is 0. The van der Waals surface area contributed by atoms with Crippen LogP contribution in [0, 0.1) is 0 Å². The molecule has 7 nitrogen and oxygen atoms in total. The zero-order valence-corrected chi connectivity index (χ0v) is 15.8. The lowest BCUT2D eigenvalue weighted by atomic mass is 10.2. The number of nitrogens with one attached hydrogen (secondary N) is 1. The second kappa shape index (κ2) is 8.32. The molecule has 0 radical (unpaired) electrons. The number of aromatic nitrogens is 1. The molecule has 0 fully saturated rings. The van der Waals surface area contributed by atoms with E-state index in [1.54, 1.807) is 42.7 Å². The molecular formula is C19H21N3O4S. The van der Waals surface area contributed by atoms with Crippen LogP contribution in [-0.4, -0.2) is 36.7 Å². The summed E-state index contributed by atoms with van der Waals surface area (Å²) in [6, 6.07) is 10.2. The van der Waals surface area contributed by atoms with Crippen molar-refractivity contribution in [1.82, 2.24) is 14.6 Å². The van der Waals surface area contributed by atoms with Crippen LogP contribution in [0.15, 0.2) is 64.4 Å². The van der Waals surface area contributed by atoms with E-state index in [1.165, 1.54) is 10.6 Å². The van der Waals surface area contributed by atoms with Gasteiger partial charge in [-0.3, -0.25) is 9.78 Å². The zero-order valence-electron chi connectivity index (χ0n) is 15.0. The number of pyridine rings is 1. The molecule has 27 heavy (non-hydrogen) atoms. The van der Waals surface area contributed by atoms with E-state index in [0.717, 1.165) is 5.39 Å². The van der Waals surface area contributed by atoms with Gasteiger partial charge in [0.2, 0.25) is 15.9 Å². The lowest BCUT2D eigenvalue weighted by Gasteiger charge is -2.22. The van der Waals surface area contributed by atoms with Gasteiger partial charge in [-0.1, -0.05) is 19.1 Å². The van der Waals surface area contributed by atoms with Crippen LogP contribution in [0.5, 0.6) is 0 Å². The number of rotatable bonds is 8. The Labute approximate surface area is 158 Å². The number of furan rings is 1. The number of fused-ring (bicyclic) bond motifs is 1. The van der Waals surface area contributed by atoms with Gasteiger partial charge in [0.25, 0.3) is 0 Å². The van der Waals surface area contributed by atoms with Gasteiger partial charge in [0.1, 0.15) is 5.76 Å². The van der Waals surface area contributed by atoms with Crippen molar-refractivity contribution >= 4 is 26.7 Å². The second-order valence-electron chi connectivity index (χ2n) is 6.05. The van der Waals surface area contributed by atoms with Crippen LogP contribution in [0.3, 0.4) is 0 Å². The first-order valence-electron chi connectivity index (χ1n) is 8.64. The van der Waals surface area contributed by atoms with Crippen molar-refractivity contribution in [2.75, 3.05) is 13.1 Å². The molecule has 0 unspecified atom stereocenters. The van der Waals surface area contributed by atoms with Crippen molar-refractivity contribution < 1.29 is 17.6 Å². The molecule has 0 aliphatic rings. The zero-order chi connectivity index (χ0) is 19.3. The smallest absolute Gasteiger partial charge is 0.244 e. The first-order chi connectivity index (χ1) is 13.0. The van der Waals surface area contributed by atoms with E-state index < -0.39 is 10.0 Å². The first kappa shape index (κ1) is 19.1. The summed E-state index contributed by atoms with van der Waals surface area (Å²) in [4.78, 5) is 16.5. The van der Waals surface area contributed by atoms with Crippen molar-refractivity contribution in [2.45, 2.75) is 24.8 Å². The third-order valence-electron chi connectivity index (χ3n) is 4.09. The molecule has 0 saturated carbocycles. The third-order valence-corrected chi connectivity index (χ3v) is 5.99. The molecule has 3 aromatic rings. The minimum absolute atomic E-state index is 0.176. The van der Waals surface area contributed by atoms with Gasteiger partial charge in [0.05, 0.1) is 24.2 Å². The first-order valence-corrected chi connectivity index (χ1v) is 10.1. The minimum Gasteiger partial charge on any atom is -0.467 e. The van der Waals surface area contributed by atoms with Crippen LogP contribution in [0.2, 0.25) is 0 Å². The predicted molar refractivity (Wildman–Crippen MR) is 101 cm³/mol. The van der Waals surface area contributed by atoms with Gasteiger partial charge in [-0.25, -0.2) is 8.42 Å². The highest BCUT2D eigenvalue weighted by atomic mass is 32.2. The maximum absolute atomic E-state index is 13.2. The van der Waals surface area contributed by atoms with Crippen LogP contribution < -0.4 is 5.32 Å². The molecule has 3 rings (SSSR count). The minimum atomic E-state index is -3.84. The Morgan fingerprint density at radius 3 is 2.81 bits per heavy atom. The van der Waals surface area contributed by atoms with Crippen LogP contribution in [0.4, 0.5) is 0 Å². The molecule has 8 heteroatoms. The summed E-state index contributed by atoms with van der Waals surface area (Å²) < 4.78 is 32.8. The molecule has 1 aromatic carbocycles. The predicted octanol–water partition coefficient (Wildman–Crippen LogP) is 2.54. The number of amides is 1. The Kier molecular flexibility index (Phi) is 5.88. The monoisotopic (exact) mass is 387 g/mol. The summed E-state index contributed by atoms with van der Waals surface area (Å²) in [5.74, 6) is 0.222. The van der Waals surface area contributed by atoms with Crippen molar-refractivity contribution in [3.8, 4) is 0 Å². The van der Waals surface area contributed by atoms with E-state index in [-0.39, 0.29) is 30.4 Å². The Morgan fingerprint density at radius 2 is 2.07 bits per heavy atom. The number of carbonyl (C=O) groups excluding carboxylic acids is 1. The Hall–Kier alpha value is -2.71. The van der Waals surface area contributed by atoms with Crippen LogP contribution in [-0.2, 0) is 21.4 Å². The second-order valence-corrected chi connectivity index (χ2v) is 7.95. The highest BCUT2D eigenvalue weighted by Crippen LogP contribution is 2.25. The summed E-state index contributed by atoms with van der Waals surface area (Å²) in [6.45, 7) is 2.08. The van der Waals surface area contributed by atoms with Crippen LogP contribution >= 0.6 is 0 Å². The van der Waals surface area contributed by atoms with Gasteiger partial charge in [-0.2, -0.15) is 4.31 Å². The van der Waals surface area contributed by atoms with Crippen molar-refractivity contribution in [3.63, 3.8) is 0 Å². The molecular weight excluding hydrogens is 366 g/mol. The molecule has 2 heterocycles. The maximum atomic E-state index is 13.2. The Morgan fingerprint density at radius 1 is 1.22 bits per heavy atom. The summed E-state index contributed by atoms with van der Waals surface area (Å²) >= 11 is 0. The van der Waals surface area contributed by atoms with Gasteiger partial charge in [-0.05, 0) is 30.7 Å². The summed E-state index contributed by atoms with van der Waals surface area (Å²) in [5, 5.41) is 4.01. The van der Waals surface area contributed by atoms with Crippen molar-refractivity contribution in [3.05, 3.63) is 60.8 Å². The fraction of sp³-hybridized carbons (Fsp3) is 0.263. The fourth-order valence-electron chi connectivity index (χ4n) is 2.81. The number of nitrogens with zero attached hydrogens (tertiary/aromatic N) is 2. The molecule has 0 bridgehead atoms. The number of benzene rings is 1. The van der Waals surface area contributed by atoms with E-state index in [2.05, 4.69) is 10.3 Å². The average molecular weight is 387 g/mol. The number of hydrogen-bond acceptors (Lipinski definition) is 5. The molecule has 1 amide bonds. The average Bonchev–Trinajstić information content (AvgIpc) is 3.19. The maximum Gasteiger partial charge on any atom is 0.244 e. The number of sulfonamides is 1. The molecule has 0 aliphatic heterocycles. The molecule has 1 N–H and O–H groups in total. The largest absolute Gasteiger partial charge is 0.467 e. The standard InChI is InChI=1S/C19H21N3O4S/c1-2-10-22(14-19(23)21-13-16-6-4-11-26-16)27(24,25)18-7-3-5-15-12-20-9-8-17(15)18/h3-9,11-12H,2,10,13-14H2,1H3,(H,21,23). The molecule has 0 aliphatic carbocycles. The van der Waals surface area contributed by atoms with E-state index >= 15 is 0 Å². The topological polar surface area (TPSA) is 92.5 Å². The highest BCUT2D eigenvalue weighted by molar-refractivity contribution is 7.89. The van der Waals surface area contributed by atoms with Gasteiger partial charge < -0.3 is 9.73 Å².